The first-order chi connectivity index (χ1) is 16.0. The molecule has 0 aliphatic carbocycles. The molecular formula is C26H21Cl3N2OS. The Kier molecular flexibility index (Phi) is 6.64. The first-order valence-electron chi connectivity index (χ1n) is 10.6. The Morgan fingerprint density at radius 2 is 1.58 bits per heavy atom. The van der Waals surface area contributed by atoms with Crippen molar-refractivity contribution < 1.29 is 5.11 Å². The van der Waals surface area contributed by atoms with Crippen molar-refractivity contribution in [2.45, 2.75) is 10.9 Å². The number of aromatic hydroxyl groups is 1. The Hall–Kier alpha value is -2.08. The summed E-state index contributed by atoms with van der Waals surface area (Å²) < 4.78 is 2.30. The van der Waals surface area contributed by atoms with Gasteiger partial charge in [-0.15, -0.1) is 0 Å². The van der Waals surface area contributed by atoms with Gasteiger partial charge in [-0.3, -0.25) is 0 Å². The summed E-state index contributed by atoms with van der Waals surface area (Å²) in [6.45, 7) is 2.33. The van der Waals surface area contributed by atoms with Crippen molar-refractivity contribution >= 4 is 63.2 Å². The molecule has 1 fully saturated rings. The van der Waals surface area contributed by atoms with Crippen LogP contribution in [0, 0.1) is 0 Å². The lowest BCUT2D eigenvalue weighted by molar-refractivity contribution is 0.365. The fraction of sp³-hybridized carbons (Fsp3) is 0.154. The third kappa shape index (κ3) is 4.77. The van der Waals surface area contributed by atoms with E-state index in [4.69, 9.17) is 34.8 Å². The van der Waals surface area contributed by atoms with Crippen LogP contribution < -0.4 is 4.90 Å². The zero-order chi connectivity index (χ0) is 22.9. The van der Waals surface area contributed by atoms with Gasteiger partial charge in [0.2, 0.25) is 0 Å². The van der Waals surface area contributed by atoms with Gasteiger partial charge in [0.25, 0.3) is 0 Å². The van der Waals surface area contributed by atoms with E-state index in [1.807, 2.05) is 54.6 Å². The molecule has 1 aliphatic rings. The minimum atomic E-state index is 0.0600. The predicted octanol–water partition coefficient (Wildman–Crippen LogP) is 8.08. The van der Waals surface area contributed by atoms with E-state index < -0.39 is 0 Å². The SMILES string of the molecule is Oc1c(SN2CCN(c3ccc(Cl)cc3Cl)C(c3ccc(Cl)cc3)C2)ccc2ccccc12. The molecule has 0 spiro atoms. The van der Waals surface area contributed by atoms with E-state index in [0.29, 0.717) is 20.8 Å². The maximum atomic E-state index is 10.9. The van der Waals surface area contributed by atoms with Crippen molar-refractivity contribution in [3.8, 4) is 5.75 Å². The molecule has 1 unspecified atom stereocenters. The summed E-state index contributed by atoms with van der Waals surface area (Å²) in [5.41, 5.74) is 2.11. The lowest BCUT2D eigenvalue weighted by atomic mass is 10.0. The fourth-order valence-electron chi connectivity index (χ4n) is 4.26. The number of hydrogen-bond acceptors (Lipinski definition) is 4. The Balaban J connectivity index is 1.45. The molecule has 0 radical (unpaired) electrons. The van der Waals surface area contributed by atoms with E-state index in [0.717, 1.165) is 46.6 Å². The quantitative estimate of drug-likeness (QED) is 0.278. The van der Waals surface area contributed by atoms with E-state index in [9.17, 15) is 5.11 Å². The summed E-state index contributed by atoms with van der Waals surface area (Å²) in [6.07, 6.45) is 0. The number of benzene rings is 4. The van der Waals surface area contributed by atoms with E-state index in [1.165, 1.54) is 0 Å². The van der Waals surface area contributed by atoms with Crippen molar-refractivity contribution in [3.63, 3.8) is 0 Å². The van der Waals surface area contributed by atoms with Crippen LogP contribution >= 0.6 is 46.8 Å². The van der Waals surface area contributed by atoms with E-state index in [-0.39, 0.29) is 6.04 Å². The monoisotopic (exact) mass is 514 g/mol. The standard InChI is InChI=1S/C26H21Cl3N2OS/c27-19-8-5-18(6-9-19)24-16-30(13-14-31(24)23-11-10-20(28)15-22(23)29)33-25-12-7-17-3-1-2-4-21(17)26(25)32/h1-12,15,24,32H,13-14,16H2. The van der Waals surface area contributed by atoms with Crippen LogP contribution in [0.3, 0.4) is 0 Å². The highest BCUT2D eigenvalue weighted by Gasteiger charge is 2.30. The fourth-order valence-corrected chi connectivity index (χ4v) is 5.90. The first-order valence-corrected chi connectivity index (χ1v) is 12.5. The molecule has 168 valence electrons. The van der Waals surface area contributed by atoms with Crippen LogP contribution in [0.1, 0.15) is 11.6 Å². The number of nitrogens with zero attached hydrogens (tertiary/aromatic N) is 2. The average Bonchev–Trinajstić information content (AvgIpc) is 2.82. The van der Waals surface area contributed by atoms with E-state index >= 15 is 0 Å². The summed E-state index contributed by atoms with van der Waals surface area (Å²) >= 11 is 20.5. The molecule has 3 nitrogen and oxygen atoms in total. The largest absolute Gasteiger partial charge is 0.506 e. The molecule has 0 saturated carbocycles. The van der Waals surface area contributed by atoms with Crippen molar-refractivity contribution in [2.24, 2.45) is 0 Å². The number of piperazine rings is 1. The van der Waals surface area contributed by atoms with Crippen LogP contribution in [-0.4, -0.2) is 29.0 Å². The molecule has 0 bridgehead atoms. The minimum Gasteiger partial charge on any atom is -0.506 e. The second-order valence-electron chi connectivity index (χ2n) is 7.97. The number of halogens is 3. The zero-order valence-corrected chi connectivity index (χ0v) is 20.7. The molecule has 4 aromatic carbocycles. The summed E-state index contributed by atoms with van der Waals surface area (Å²) in [4.78, 5) is 3.17. The number of anilines is 1. The maximum absolute atomic E-state index is 10.9. The second kappa shape index (κ2) is 9.65. The normalized spacial score (nSPS) is 16.9. The van der Waals surface area contributed by atoms with Gasteiger partial charge in [0, 0.05) is 35.1 Å². The Bertz CT molecular complexity index is 1300. The highest BCUT2D eigenvalue weighted by Crippen LogP contribution is 2.41. The Morgan fingerprint density at radius 3 is 2.36 bits per heavy atom. The second-order valence-corrected chi connectivity index (χ2v) is 10.4. The van der Waals surface area contributed by atoms with Crippen LogP contribution in [0.2, 0.25) is 15.1 Å². The first kappa shape index (κ1) is 22.7. The van der Waals surface area contributed by atoms with Gasteiger partial charge in [-0.1, -0.05) is 77.3 Å². The zero-order valence-electron chi connectivity index (χ0n) is 17.6. The van der Waals surface area contributed by atoms with Crippen LogP contribution in [0.25, 0.3) is 10.8 Å². The number of hydrogen-bond donors (Lipinski definition) is 1. The lowest BCUT2D eigenvalue weighted by Gasteiger charge is -2.43. The molecule has 1 aliphatic heterocycles. The van der Waals surface area contributed by atoms with Gasteiger partial charge in [0.1, 0.15) is 5.75 Å². The van der Waals surface area contributed by atoms with Crippen LogP contribution in [0.5, 0.6) is 5.75 Å². The van der Waals surface area contributed by atoms with Gasteiger partial charge in [-0.25, -0.2) is 4.31 Å². The van der Waals surface area contributed by atoms with Gasteiger partial charge >= 0.3 is 0 Å². The lowest BCUT2D eigenvalue weighted by Crippen LogP contribution is -2.46. The number of rotatable bonds is 4. The minimum absolute atomic E-state index is 0.0600. The third-order valence-electron chi connectivity index (χ3n) is 5.91. The summed E-state index contributed by atoms with van der Waals surface area (Å²) in [5, 5.41) is 14.7. The number of fused-ring (bicyclic) bond motifs is 1. The van der Waals surface area contributed by atoms with Crippen molar-refractivity contribution in [2.75, 3.05) is 24.5 Å². The molecule has 1 heterocycles. The molecule has 7 heteroatoms. The van der Waals surface area contributed by atoms with E-state index in [1.54, 1.807) is 18.0 Å². The maximum Gasteiger partial charge on any atom is 0.138 e. The van der Waals surface area contributed by atoms with Gasteiger partial charge in [0.05, 0.1) is 21.6 Å². The molecular weight excluding hydrogens is 495 g/mol. The molecule has 1 saturated heterocycles. The summed E-state index contributed by atoms with van der Waals surface area (Å²) in [5.74, 6) is 0.323. The third-order valence-corrected chi connectivity index (χ3v) is 7.81. The van der Waals surface area contributed by atoms with Crippen LogP contribution in [0.4, 0.5) is 5.69 Å². The molecule has 1 atom stereocenters. The van der Waals surface area contributed by atoms with Gasteiger partial charge < -0.3 is 10.0 Å². The van der Waals surface area contributed by atoms with Crippen LogP contribution in [0.15, 0.2) is 83.8 Å². The number of phenols is 1. The van der Waals surface area contributed by atoms with Gasteiger partial charge in [0.15, 0.2) is 0 Å². The molecule has 5 rings (SSSR count). The van der Waals surface area contributed by atoms with E-state index in [2.05, 4.69) is 27.4 Å². The summed E-state index contributed by atoms with van der Waals surface area (Å²) in [7, 11) is 0. The Labute approximate surface area is 212 Å². The van der Waals surface area contributed by atoms with Crippen molar-refractivity contribution in [3.05, 3.63) is 99.5 Å². The number of phenolic OH excluding ortho intramolecular Hbond substituents is 1. The average molecular weight is 516 g/mol. The molecule has 33 heavy (non-hydrogen) atoms. The predicted molar refractivity (Wildman–Crippen MR) is 141 cm³/mol. The van der Waals surface area contributed by atoms with Crippen LogP contribution in [-0.2, 0) is 0 Å². The van der Waals surface area contributed by atoms with Crippen molar-refractivity contribution in [1.82, 2.24) is 4.31 Å². The summed E-state index contributed by atoms with van der Waals surface area (Å²) in [6, 6.07) is 25.6. The molecule has 1 N–H and O–H groups in total. The highest BCUT2D eigenvalue weighted by atomic mass is 35.5. The van der Waals surface area contributed by atoms with Crippen molar-refractivity contribution in [1.29, 1.82) is 0 Å². The van der Waals surface area contributed by atoms with Gasteiger partial charge in [-0.2, -0.15) is 0 Å². The van der Waals surface area contributed by atoms with Gasteiger partial charge in [-0.05, 0) is 59.3 Å². The molecule has 0 amide bonds. The topological polar surface area (TPSA) is 26.7 Å². The smallest absolute Gasteiger partial charge is 0.138 e. The Morgan fingerprint density at radius 1 is 0.818 bits per heavy atom. The molecule has 4 aromatic rings. The highest BCUT2D eigenvalue weighted by molar-refractivity contribution is 7.97. The molecule has 0 aromatic heterocycles.